The fraction of sp³-hybridized carbons (Fsp3) is 0.886. The van der Waals surface area contributed by atoms with Crippen LogP contribution in [-0.2, 0) is 47.6 Å². The summed E-state index contributed by atoms with van der Waals surface area (Å²) in [7, 11) is 0. The summed E-state index contributed by atoms with van der Waals surface area (Å²) < 4.78 is 33.4. The largest absolute Gasteiger partial charge is 0.465 e. The van der Waals surface area contributed by atoms with Gasteiger partial charge in [-0.3, -0.25) is 19.2 Å². The van der Waals surface area contributed by atoms with Crippen LogP contribution in [0.5, 0.6) is 0 Å². The van der Waals surface area contributed by atoms with Gasteiger partial charge >= 0.3 is 23.9 Å². The first kappa shape index (κ1) is 35.7. The predicted molar refractivity (Wildman–Crippen MR) is 165 cm³/mol. The summed E-state index contributed by atoms with van der Waals surface area (Å²) in [6.45, 7) is 5.59. The number of rotatable bonds is 22. The van der Waals surface area contributed by atoms with Gasteiger partial charge in [0.25, 0.3) is 0 Å². The molecule has 0 aromatic heterocycles. The van der Waals surface area contributed by atoms with Gasteiger partial charge in [-0.05, 0) is 57.8 Å². The van der Waals surface area contributed by atoms with E-state index < -0.39 is 23.7 Å². The fourth-order valence-electron chi connectivity index (χ4n) is 6.80. The van der Waals surface area contributed by atoms with Crippen molar-refractivity contribution in [2.45, 2.75) is 147 Å². The maximum absolute atomic E-state index is 12.9. The highest BCUT2D eigenvalue weighted by Gasteiger charge is 2.54. The zero-order chi connectivity index (χ0) is 32.0. The van der Waals surface area contributed by atoms with Crippen molar-refractivity contribution in [1.82, 2.24) is 0 Å². The van der Waals surface area contributed by atoms with Crippen molar-refractivity contribution in [3.63, 3.8) is 0 Å². The molecule has 0 radical (unpaired) electrons. The SMILES string of the molecule is CCCCCCCOC(=O)C1CC2OC2CC1C(=O)OCCCCCOC(=O)C1CC2OC2CC1C(=O)OCCCCCCC. The number of ether oxygens (including phenoxy) is 6. The molecule has 45 heavy (non-hydrogen) atoms. The van der Waals surface area contributed by atoms with Crippen LogP contribution >= 0.6 is 0 Å². The highest BCUT2D eigenvalue weighted by atomic mass is 16.6. The molecule has 2 saturated heterocycles. The number of fused-ring (bicyclic) bond motifs is 2. The number of hydrogen-bond donors (Lipinski definition) is 0. The number of epoxide rings is 2. The average molecular weight is 637 g/mol. The van der Waals surface area contributed by atoms with Gasteiger partial charge in [0.05, 0.1) is 74.5 Å². The third-order valence-electron chi connectivity index (χ3n) is 9.76. The smallest absolute Gasteiger partial charge is 0.309 e. The zero-order valence-corrected chi connectivity index (χ0v) is 27.6. The highest BCUT2D eigenvalue weighted by molar-refractivity contribution is 5.83. The average Bonchev–Trinajstić information content (AvgIpc) is 3.97. The molecule has 8 atom stereocenters. The minimum absolute atomic E-state index is 0.0360. The van der Waals surface area contributed by atoms with E-state index in [0.29, 0.717) is 58.2 Å². The van der Waals surface area contributed by atoms with Crippen LogP contribution in [-0.4, -0.2) is 74.7 Å². The molecule has 256 valence electrons. The topological polar surface area (TPSA) is 130 Å². The first-order chi connectivity index (χ1) is 21.9. The van der Waals surface area contributed by atoms with Gasteiger partial charge in [0.1, 0.15) is 0 Å². The second kappa shape index (κ2) is 18.8. The van der Waals surface area contributed by atoms with Crippen LogP contribution in [0.2, 0.25) is 0 Å². The van der Waals surface area contributed by atoms with Crippen molar-refractivity contribution in [3.8, 4) is 0 Å². The number of hydrogen-bond acceptors (Lipinski definition) is 10. The van der Waals surface area contributed by atoms with Crippen LogP contribution in [0.4, 0.5) is 0 Å². The summed E-state index contributed by atoms with van der Waals surface area (Å²) in [5.74, 6) is -3.46. The lowest BCUT2D eigenvalue weighted by Crippen LogP contribution is -2.38. The maximum Gasteiger partial charge on any atom is 0.309 e. The van der Waals surface area contributed by atoms with Gasteiger partial charge in [-0.25, -0.2) is 0 Å². The zero-order valence-electron chi connectivity index (χ0n) is 27.6. The van der Waals surface area contributed by atoms with E-state index in [0.717, 1.165) is 51.4 Å². The van der Waals surface area contributed by atoms with Crippen molar-refractivity contribution in [2.75, 3.05) is 26.4 Å². The van der Waals surface area contributed by atoms with Crippen LogP contribution in [0.1, 0.15) is 123 Å². The van der Waals surface area contributed by atoms with Crippen LogP contribution in [0.25, 0.3) is 0 Å². The van der Waals surface area contributed by atoms with E-state index in [1.807, 2.05) is 0 Å². The maximum atomic E-state index is 12.9. The molecular formula is C35H56O10. The van der Waals surface area contributed by atoms with Gasteiger partial charge in [0.2, 0.25) is 0 Å². The minimum atomic E-state index is -0.534. The van der Waals surface area contributed by atoms with Gasteiger partial charge < -0.3 is 28.4 Å². The minimum Gasteiger partial charge on any atom is -0.465 e. The van der Waals surface area contributed by atoms with E-state index in [1.165, 1.54) is 12.8 Å². The number of unbranched alkanes of at least 4 members (excludes halogenated alkanes) is 10. The van der Waals surface area contributed by atoms with Gasteiger partial charge in [0, 0.05) is 0 Å². The Morgan fingerprint density at radius 3 is 0.933 bits per heavy atom. The Morgan fingerprint density at radius 2 is 0.667 bits per heavy atom. The highest BCUT2D eigenvalue weighted by Crippen LogP contribution is 2.45. The molecule has 8 unspecified atom stereocenters. The third-order valence-corrected chi connectivity index (χ3v) is 9.76. The Kier molecular flexibility index (Phi) is 14.9. The van der Waals surface area contributed by atoms with Crippen molar-refractivity contribution >= 4 is 23.9 Å². The van der Waals surface area contributed by atoms with E-state index >= 15 is 0 Å². The van der Waals surface area contributed by atoms with Gasteiger partial charge in [-0.15, -0.1) is 0 Å². The molecule has 2 aliphatic carbocycles. The van der Waals surface area contributed by atoms with Crippen LogP contribution in [0.15, 0.2) is 0 Å². The fourth-order valence-corrected chi connectivity index (χ4v) is 6.80. The summed E-state index contributed by atoms with van der Waals surface area (Å²) in [5, 5.41) is 0. The standard InChI is InChI=1S/C35H56O10/c1-3-5-7-9-12-16-40-32(36)24-20-28-30(44-28)22-26(24)34(38)42-18-14-11-15-19-43-35(39)27-23-31-29(45-31)21-25(27)33(37)41-17-13-10-8-6-4-2/h24-31H,3-23H2,1-2H3. The lowest BCUT2D eigenvalue weighted by atomic mass is 9.79. The lowest BCUT2D eigenvalue weighted by molar-refractivity contribution is -0.162. The Hall–Kier alpha value is -2.20. The molecule has 0 bridgehead atoms. The number of carbonyl (C=O) groups excluding carboxylic acids is 4. The molecule has 0 aromatic carbocycles. The molecule has 2 aliphatic heterocycles. The van der Waals surface area contributed by atoms with E-state index in [9.17, 15) is 19.2 Å². The molecule has 10 nitrogen and oxygen atoms in total. The first-order valence-electron chi connectivity index (χ1n) is 17.9. The van der Waals surface area contributed by atoms with Crippen molar-refractivity contribution in [2.24, 2.45) is 23.7 Å². The van der Waals surface area contributed by atoms with Crippen LogP contribution in [0.3, 0.4) is 0 Å². The molecule has 2 heterocycles. The van der Waals surface area contributed by atoms with E-state index in [2.05, 4.69) is 13.8 Å². The summed E-state index contributed by atoms with van der Waals surface area (Å²) >= 11 is 0. The lowest BCUT2D eigenvalue weighted by Gasteiger charge is -2.26. The van der Waals surface area contributed by atoms with Crippen molar-refractivity contribution in [1.29, 1.82) is 0 Å². The molecule has 0 amide bonds. The molecule has 10 heteroatoms. The molecule has 0 aromatic rings. The Bertz CT molecular complexity index is 879. The van der Waals surface area contributed by atoms with E-state index in [-0.39, 0.29) is 61.5 Å². The van der Waals surface area contributed by atoms with E-state index in [4.69, 9.17) is 28.4 Å². The number of carbonyl (C=O) groups is 4. The second-order valence-electron chi connectivity index (χ2n) is 13.4. The van der Waals surface area contributed by atoms with Crippen LogP contribution < -0.4 is 0 Å². The summed E-state index contributed by atoms with van der Waals surface area (Å²) in [6.07, 6.45) is 14.9. The van der Waals surface area contributed by atoms with Gasteiger partial charge in [-0.1, -0.05) is 65.2 Å². The van der Waals surface area contributed by atoms with Crippen LogP contribution in [0, 0.1) is 23.7 Å². The number of esters is 4. The van der Waals surface area contributed by atoms with Gasteiger partial charge in [-0.2, -0.15) is 0 Å². The Labute approximate surface area is 268 Å². The summed E-state index contributed by atoms with van der Waals surface area (Å²) in [4.78, 5) is 51.4. The molecule has 0 N–H and O–H groups in total. The molecule has 4 rings (SSSR count). The predicted octanol–water partition coefficient (Wildman–Crippen LogP) is 5.86. The van der Waals surface area contributed by atoms with Crippen molar-refractivity contribution < 1.29 is 47.6 Å². The molecule has 0 spiro atoms. The quantitative estimate of drug-likeness (QED) is 0.0617. The van der Waals surface area contributed by atoms with Gasteiger partial charge in [0.15, 0.2) is 0 Å². The Balaban J connectivity index is 1.09. The van der Waals surface area contributed by atoms with Crippen molar-refractivity contribution in [3.05, 3.63) is 0 Å². The molecule has 4 aliphatic rings. The summed E-state index contributed by atoms with van der Waals surface area (Å²) in [6, 6.07) is 0. The molecule has 4 fully saturated rings. The second-order valence-corrected chi connectivity index (χ2v) is 13.4. The molecular weight excluding hydrogens is 580 g/mol. The molecule has 2 saturated carbocycles. The normalized spacial score (nSPS) is 29.6. The van der Waals surface area contributed by atoms with E-state index in [1.54, 1.807) is 0 Å². The first-order valence-corrected chi connectivity index (χ1v) is 17.9. The Morgan fingerprint density at radius 1 is 0.422 bits per heavy atom. The summed E-state index contributed by atoms with van der Waals surface area (Å²) in [5.41, 5.74) is 0. The monoisotopic (exact) mass is 636 g/mol. The third kappa shape index (κ3) is 11.5.